The number of rotatable bonds is 4. The number of hydrogen-bond acceptors (Lipinski definition) is 5. The summed E-state index contributed by atoms with van der Waals surface area (Å²) in [6, 6.07) is 0. The van der Waals surface area contributed by atoms with Crippen molar-refractivity contribution in [3.8, 4) is 0 Å². The van der Waals surface area contributed by atoms with E-state index in [0.29, 0.717) is 0 Å². The van der Waals surface area contributed by atoms with Crippen LogP contribution in [-0.4, -0.2) is 40.3 Å². The lowest BCUT2D eigenvalue weighted by Gasteiger charge is -2.15. The lowest BCUT2D eigenvalue weighted by molar-refractivity contribution is -0.190. The molecule has 0 fully saturated rings. The van der Waals surface area contributed by atoms with Gasteiger partial charge < -0.3 is 20.1 Å². The summed E-state index contributed by atoms with van der Waals surface area (Å²) in [6.45, 7) is 0.915. The average Bonchev–Trinajstić information content (AvgIpc) is 2.02. The first kappa shape index (κ1) is 10.3. The molecule has 5 heteroatoms. The predicted octanol–water partition coefficient (Wildman–Crippen LogP) is -1.39. The molecule has 0 aliphatic heterocycles. The van der Waals surface area contributed by atoms with E-state index in [1.165, 1.54) is 0 Å². The van der Waals surface area contributed by atoms with E-state index in [9.17, 15) is 4.79 Å². The van der Waals surface area contributed by atoms with Crippen LogP contribution in [0, 0.1) is 0 Å². The first-order chi connectivity index (χ1) is 5.11. The molecule has 0 amide bonds. The van der Waals surface area contributed by atoms with Gasteiger partial charge in [-0.05, 0) is 0 Å². The quantitative estimate of drug-likeness (QED) is 0.352. The van der Waals surface area contributed by atoms with Crippen LogP contribution in [0.1, 0.15) is 13.3 Å². The van der Waals surface area contributed by atoms with Crippen LogP contribution >= 0.6 is 0 Å². The second-order valence-corrected chi connectivity index (χ2v) is 1.98. The van der Waals surface area contributed by atoms with Gasteiger partial charge >= 0.3 is 5.97 Å². The molecule has 0 spiro atoms. The average molecular weight is 164 g/mol. The molecule has 0 bridgehead atoms. The Balaban J connectivity index is 3.67. The summed E-state index contributed by atoms with van der Waals surface area (Å²) in [5.41, 5.74) is 0. The smallest absolute Gasteiger partial charge is 0.307 e. The van der Waals surface area contributed by atoms with E-state index < -0.39 is 25.0 Å². The van der Waals surface area contributed by atoms with Crippen molar-refractivity contribution < 1.29 is 24.9 Å². The second kappa shape index (κ2) is 5.06. The number of carbonyl (C=O) groups is 1. The van der Waals surface area contributed by atoms with Crippen molar-refractivity contribution >= 4 is 5.97 Å². The summed E-state index contributed by atoms with van der Waals surface area (Å²) >= 11 is 0. The minimum Gasteiger partial charge on any atom is -0.433 e. The van der Waals surface area contributed by atoms with Gasteiger partial charge in [-0.15, -0.1) is 0 Å². The van der Waals surface area contributed by atoms with E-state index >= 15 is 0 Å². The SMILES string of the molecule is CCC(=O)OC(O)C(O)CO. The zero-order valence-electron chi connectivity index (χ0n) is 6.23. The van der Waals surface area contributed by atoms with Gasteiger partial charge in [-0.2, -0.15) is 0 Å². The Morgan fingerprint density at radius 2 is 2.09 bits per heavy atom. The van der Waals surface area contributed by atoms with Crippen LogP contribution < -0.4 is 0 Å². The van der Waals surface area contributed by atoms with E-state index in [1.54, 1.807) is 6.92 Å². The molecule has 0 saturated heterocycles. The van der Waals surface area contributed by atoms with Crippen LogP contribution in [0.5, 0.6) is 0 Å². The molecule has 3 N–H and O–H groups in total. The fourth-order valence-electron chi connectivity index (χ4n) is 0.387. The zero-order valence-corrected chi connectivity index (χ0v) is 6.23. The number of esters is 1. The van der Waals surface area contributed by atoms with Crippen LogP contribution in [0.3, 0.4) is 0 Å². The summed E-state index contributed by atoms with van der Waals surface area (Å²) in [5, 5.41) is 25.7. The van der Waals surface area contributed by atoms with Crippen LogP contribution in [0.4, 0.5) is 0 Å². The van der Waals surface area contributed by atoms with Crippen LogP contribution in [0.2, 0.25) is 0 Å². The molecule has 0 aromatic heterocycles. The molecule has 0 aliphatic carbocycles. The fraction of sp³-hybridized carbons (Fsp3) is 0.833. The first-order valence-electron chi connectivity index (χ1n) is 3.28. The lowest BCUT2D eigenvalue weighted by Crippen LogP contribution is -2.33. The maximum Gasteiger partial charge on any atom is 0.307 e. The first-order valence-corrected chi connectivity index (χ1v) is 3.28. The third-order valence-corrected chi connectivity index (χ3v) is 1.06. The van der Waals surface area contributed by atoms with Crippen molar-refractivity contribution in [3.05, 3.63) is 0 Å². The van der Waals surface area contributed by atoms with Crippen molar-refractivity contribution in [2.24, 2.45) is 0 Å². The number of aliphatic hydroxyl groups is 3. The van der Waals surface area contributed by atoms with Crippen molar-refractivity contribution in [2.75, 3.05) is 6.61 Å². The Morgan fingerprint density at radius 1 is 1.55 bits per heavy atom. The van der Waals surface area contributed by atoms with E-state index in [0.717, 1.165) is 0 Å². The second-order valence-electron chi connectivity index (χ2n) is 1.98. The standard InChI is InChI=1S/C6H12O5/c1-2-5(9)11-6(10)4(8)3-7/h4,6-8,10H,2-3H2,1H3. The van der Waals surface area contributed by atoms with E-state index in [4.69, 9.17) is 15.3 Å². The van der Waals surface area contributed by atoms with E-state index in [1.807, 2.05) is 0 Å². The van der Waals surface area contributed by atoms with Crippen molar-refractivity contribution in [1.82, 2.24) is 0 Å². The summed E-state index contributed by atoms with van der Waals surface area (Å²) < 4.78 is 4.26. The number of aliphatic hydroxyl groups excluding tert-OH is 3. The third-order valence-electron chi connectivity index (χ3n) is 1.06. The molecule has 11 heavy (non-hydrogen) atoms. The Labute approximate surface area is 64.2 Å². The Morgan fingerprint density at radius 3 is 2.45 bits per heavy atom. The van der Waals surface area contributed by atoms with Crippen LogP contribution in [-0.2, 0) is 9.53 Å². The number of carbonyl (C=O) groups excluding carboxylic acids is 1. The highest BCUT2D eigenvalue weighted by Gasteiger charge is 2.18. The monoisotopic (exact) mass is 164 g/mol. The van der Waals surface area contributed by atoms with Gasteiger partial charge in [-0.1, -0.05) is 6.92 Å². The molecular weight excluding hydrogens is 152 g/mol. The molecule has 0 saturated carbocycles. The topological polar surface area (TPSA) is 87.0 Å². The normalized spacial score (nSPS) is 15.6. The molecule has 2 atom stereocenters. The molecule has 0 aromatic carbocycles. The minimum atomic E-state index is -1.63. The van der Waals surface area contributed by atoms with Crippen LogP contribution in [0.15, 0.2) is 0 Å². The summed E-state index contributed by atoms with van der Waals surface area (Å²) in [5.74, 6) is -0.620. The third kappa shape index (κ3) is 3.92. The number of ether oxygens (including phenoxy) is 1. The summed E-state index contributed by atoms with van der Waals surface area (Å²) in [6.07, 6.45) is -2.94. The van der Waals surface area contributed by atoms with Crippen molar-refractivity contribution in [1.29, 1.82) is 0 Å². The molecule has 0 heterocycles. The van der Waals surface area contributed by atoms with Gasteiger partial charge in [0.2, 0.25) is 6.29 Å². The molecular formula is C6H12O5. The van der Waals surface area contributed by atoms with Gasteiger partial charge in [0, 0.05) is 6.42 Å². The molecule has 5 nitrogen and oxygen atoms in total. The summed E-state index contributed by atoms with van der Waals surface area (Å²) in [7, 11) is 0. The van der Waals surface area contributed by atoms with Gasteiger partial charge in [-0.25, -0.2) is 0 Å². The lowest BCUT2D eigenvalue weighted by atomic mass is 10.4. The Bertz CT molecular complexity index is 124. The van der Waals surface area contributed by atoms with Crippen molar-refractivity contribution in [3.63, 3.8) is 0 Å². The minimum absolute atomic E-state index is 0.120. The summed E-state index contributed by atoms with van der Waals surface area (Å²) in [4.78, 5) is 10.5. The molecule has 0 rings (SSSR count). The van der Waals surface area contributed by atoms with Gasteiger partial charge in [0.05, 0.1) is 6.61 Å². The van der Waals surface area contributed by atoms with Gasteiger partial charge in [0.25, 0.3) is 0 Å². The number of hydrogen-bond donors (Lipinski definition) is 3. The molecule has 0 aliphatic rings. The molecule has 2 unspecified atom stereocenters. The highest BCUT2D eigenvalue weighted by molar-refractivity contribution is 5.68. The maximum absolute atomic E-state index is 10.5. The van der Waals surface area contributed by atoms with E-state index in [2.05, 4.69) is 4.74 Å². The maximum atomic E-state index is 10.5. The molecule has 0 radical (unpaired) electrons. The van der Waals surface area contributed by atoms with Crippen LogP contribution in [0.25, 0.3) is 0 Å². The van der Waals surface area contributed by atoms with Gasteiger partial charge in [0.15, 0.2) is 0 Å². The van der Waals surface area contributed by atoms with Crippen molar-refractivity contribution in [2.45, 2.75) is 25.7 Å². The molecule has 66 valence electrons. The van der Waals surface area contributed by atoms with Gasteiger partial charge in [0.1, 0.15) is 6.10 Å². The fourth-order valence-corrected chi connectivity index (χ4v) is 0.387. The predicted molar refractivity (Wildman–Crippen MR) is 35.5 cm³/mol. The Hall–Kier alpha value is -0.650. The zero-order chi connectivity index (χ0) is 8.85. The van der Waals surface area contributed by atoms with E-state index in [-0.39, 0.29) is 6.42 Å². The largest absolute Gasteiger partial charge is 0.433 e. The highest BCUT2D eigenvalue weighted by Crippen LogP contribution is 1.96. The highest BCUT2D eigenvalue weighted by atomic mass is 16.6. The Kier molecular flexibility index (Phi) is 4.76. The van der Waals surface area contributed by atoms with Gasteiger partial charge in [-0.3, -0.25) is 4.79 Å². The molecule has 0 aromatic rings.